The van der Waals surface area contributed by atoms with Gasteiger partial charge in [-0.1, -0.05) is 13.8 Å². The highest BCUT2D eigenvalue weighted by Crippen LogP contribution is 2.30. The molecule has 2 atom stereocenters. The zero-order valence-electron chi connectivity index (χ0n) is 12.4. The van der Waals surface area contributed by atoms with Crippen LogP contribution in [0.15, 0.2) is 12.1 Å². The average Bonchev–Trinajstić information content (AvgIpc) is 3.00. The van der Waals surface area contributed by atoms with Crippen molar-refractivity contribution in [3.63, 3.8) is 0 Å². The molecule has 0 aromatic carbocycles. The Hall–Kier alpha value is -0.390. The molecular weight excluding hydrogens is 290 g/mol. The lowest BCUT2D eigenvalue weighted by Gasteiger charge is -2.22. The molecule has 2 rings (SSSR count). The van der Waals surface area contributed by atoms with Crippen LogP contribution in [0.3, 0.4) is 0 Å². The van der Waals surface area contributed by atoms with Gasteiger partial charge in [0.05, 0.1) is 11.5 Å². The van der Waals surface area contributed by atoms with Crippen molar-refractivity contribution in [1.82, 2.24) is 5.32 Å². The Kier molecular flexibility index (Phi) is 5.64. The van der Waals surface area contributed by atoms with Gasteiger partial charge in [-0.2, -0.15) is 0 Å². The van der Waals surface area contributed by atoms with Gasteiger partial charge in [0.25, 0.3) is 0 Å². The summed E-state index contributed by atoms with van der Waals surface area (Å²) >= 11 is 1.88. The summed E-state index contributed by atoms with van der Waals surface area (Å²) in [5, 5.41) is 3.40. The van der Waals surface area contributed by atoms with Crippen molar-refractivity contribution in [2.75, 3.05) is 24.6 Å². The summed E-state index contributed by atoms with van der Waals surface area (Å²) in [5.41, 5.74) is 0. The lowest BCUT2D eigenvalue weighted by atomic mass is 9.88. The van der Waals surface area contributed by atoms with Crippen LogP contribution >= 0.6 is 11.3 Å². The van der Waals surface area contributed by atoms with E-state index in [1.54, 1.807) is 0 Å². The molecule has 0 saturated carbocycles. The number of sulfone groups is 1. The fourth-order valence-corrected chi connectivity index (χ4v) is 5.88. The molecule has 0 spiro atoms. The minimum atomic E-state index is -2.78. The van der Waals surface area contributed by atoms with Crippen LogP contribution in [0.5, 0.6) is 0 Å². The Morgan fingerprint density at radius 1 is 1.35 bits per heavy atom. The Balaban J connectivity index is 2.03. The van der Waals surface area contributed by atoms with E-state index in [0.717, 1.165) is 32.4 Å². The van der Waals surface area contributed by atoms with Gasteiger partial charge in [0, 0.05) is 9.75 Å². The molecule has 2 heterocycles. The highest BCUT2D eigenvalue weighted by molar-refractivity contribution is 7.91. The maximum absolute atomic E-state index is 11.7. The van der Waals surface area contributed by atoms with Gasteiger partial charge in [0.15, 0.2) is 9.84 Å². The number of aryl methyl sites for hydroxylation is 1. The second-order valence-corrected chi connectivity index (χ2v) is 9.14. The summed E-state index contributed by atoms with van der Waals surface area (Å²) in [6, 6.07) is 4.42. The highest BCUT2D eigenvalue weighted by atomic mass is 32.2. The molecule has 0 radical (unpaired) electrons. The SMILES string of the molecule is CCNCC(Cc1ccc(CC)s1)C1CCS(=O)(=O)C1. The lowest BCUT2D eigenvalue weighted by Crippen LogP contribution is -2.30. The molecule has 1 aromatic heterocycles. The molecule has 2 unspecified atom stereocenters. The van der Waals surface area contributed by atoms with Gasteiger partial charge in [-0.05, 0) is 56.3 Å². The van der Waals surface area contributed by atoms with Gasteiger partial charge < -0.3 is 5.32 Å². The van der Waals surface area contributed by atoms with E-state index in [9.17, 15) is 8.42 Å². The third-order valence-electron chi connectivity index (χ3n) is 4.12. The standard InChI is InChI=1S/C15H25NO2S2/c1-3-14-5-6-15(19-14)9-13(10-16-4-2)12-7-8-20(17,18)11-12/h5-6,12-13,16H,3-4,7-11H2,1-2H3. The maximum Gasteiger partial charge on any atom is 0.150 e. The first-order valence-electron chi connectivity index (χ1n) is 7.52. The van der Waals surface area contributed by atoms with E-state index in [-0.39, 0.29) is 0 Å². The largest absolute Gasteiger partial charge is 0.317 e. The van der Waals surface area contributed by atoms with Crippen LogP contribution in [0.25, 0.3) is 0 Å². The van der Waals surface area contributed by atoms with Gasteiger partial charge in [0.1, 0.15) is 0 Å². The van der Waals surface area contributed by atoms with Gasteiger partial charge >= 0.3 is 0 Å². The van der Waals surface area contributed by atoms with E-state index in [0.29, 0.717) is 23.3 Å². The molecule has 1 aromatic rings. The summed E-state index contributed by atoms with van der Waals surface area (Å²) < 4.78 is 23.4. The van der Waals surface area contributed by atoms with Crippen LogP contribution in [-0.2, 0) is 22.7 Å². The molecular formula is C15H25NO2S2. The number of rotatable bonds is 7. The van der Waals surface area contributed by atoms with Crippen molar-refractivity contribution in [2.24, 2.45) is 11.8 Å². The molecule has 114 valence electrons. The Bertz CT molecular complexity index is 522. The van der Waals surface area contributed by atoms with Crippen molar-refractivity contribution in [1.29, 1.82) is 0 Å². The minimum Gasteiger partial charge on any atom is -0.317 e. The van der Waals surface area contributed by atoms with Crippen LogP contribution in [0.4, 0.5) is 0 Å². The highest BCUT2D eigenvalue weighted by Gasteiger charge is 2.33. The normalized spacial score (nSPS) is 23.0. The minimum absolute atomic E-state index is 0.325. The van der Waals surface area contributed by atoms with Gasteiger partial charge in [-0.3, -0.25) is 0 Å². The first kappa shape index (κ1) is 16.0. The molecule has 0 aliphatic carbocycles. The topological polar surface area (TPSA) is 46.2 Å². The number of hydrogen-bond acceptors (Lipinski definition) is 4. The Morgan fingerprint density at radius 3 is 2.65 bits per heavy atom. The van der Waals surface area contributed by atoms with Crippen molar-refractivity contribution in [2.45, 2.75) is 33.1 Å². The zero-order chi connectivity index (χ0) is 14.6. The third-order valence-corrected chi connectivity index (χ3v) is 7.17. The Labute approximate surface area is 126 Å². The second-order valence-electron chi connectivity index (χ2n) is 5.66. The van der Waals surface area contributed by atoms with Crippen LogP contribution in [0.2, 0.25) is 0 Å². The van der Waals surface area contributed by atoms with Crippen molar-refractivity contribution in [3.05, 3.63) is 21.9 Å². The quantitative estimate of drug-likeness (QED) is 0.841. The van der Waals surface area contributed by atoms with Crippen LogP contribution < -0.4 is 5.32 Å². The third kappa shape index (κ3) is 4.30. The lowest BCUT2D eigenvalue weighted by molar-refractivity contribution is 0.348. The van der Waals surface area contributed by atoms with E-state index in [1.165, 1.54) is 9.75 Å². The van der Waals surface area contributed by atoms with Crippen molar-refractivity contribution in [3.8, 4) is 0 Å². The number of nitrogens with one attached hydrogen (secondary N) is 1. The molecule has 1 aliphatic rings. The van der Waals surface area contributed by atoms with Crippen LogP contribution in [0, 0.1) is 11.8 Å². The van der Waals surface area contributed by atoms with Gasteiger partial charge in [-0.25, -0.2) is 8.42 Å². The number of thiophene rings is 1. The van der Waals surface area contributed by atoms with Crippen LogP contribution in [-0.4, -0.2) is 33.0 Å². The zero-order valence-corrected chi connectivity index (χ0v) is 14.0. The van der Waals surface area contributed by atoms with E-state index in [2.05, 4.69) is 31.3 Å². The molecule has 1 N–H and O–H groups in total. The van der Waals surface area contributed by atoms with E-state index in [4.69, 9.17) is 0 Å². The molecule has 1 fully saturated rings. The van der Waals surface area contributed by atoms with Gasteiger partial charge in [0.2, 0.25) is 0 Å². The molecule has 1 aliphatic heterocycles. The van der Waals surface area contributed by atoms with Crippen molar-refractivity contribution < 1.29 is 8.42 Å². The molecule has 0 amide bonds. The second kappa shape index (κ2) is 7.05. The van der Waals surface area contributed by atoms with Crippen LogP contribution in [0.1, 0.15) is 30.0 Å². The molecule has 3 nitrogen and oxygen atoms in total. The average molecular weight is 316 g/mol. The smallest absolute Gasteiger partial charge is 0.150 e. The molecule has 5 heteroatoms. The first-order chi connectivity index (χ1) is 9.54. The summed E-state index contributed by atoms with van der Waals surface area (Å²) in [4.78, 5) is 2.82. The maximum atomic E-state index is 11.7. The van der Waals surface area contributed by atoms with Gasteiger partial charge in [-0.15, -0.1) is 11.3 Å². The summed E-state index contributed by atoms with van der Waals surface area (Å²) in [6.07, 6.45) is 2.93. The molecule has 0 bridgehead atoms. The van der Waals surface area contributed by atoms with E-state index in [1.807, 2.05) is 11.3 Å². The summed E-state index contributed by atoms with van der Waals surface area (Å²) in [5.74, 6) is 1.53. The fourth-order valence-electron chi connectivity index (χ4n) is 2.91. The fraction of sp³-hybridized carbons (Fsp3) is 0.733. The predicted octanol–water partition coefficient (Wildman–Crippen LogP) is 2.51. The predicted molar refractivity (Wildman–Crippen MR) is 86.2 cm³/mol. The first-order valence-corrected chi connectivity index (χ1v) is 10.2. The summed E-state index contributed by atoms with van der Waals surface area (Å²) in [7, 11) is -2.78. The molecule has 1 saturated heterocycles. The van der Waals surface area contributed by atoms with Crippen molar-refractivity contribution >= 4 is 21.2 Å². The van der Waals surface area contributed by atoms with E-state index < -0.39 is 9.84 Å². The number of hydrogen-bond donors (Lipinski definition) is 1. The van der Waals surface area contributed by atoms with E-state index >= 15 is 0 Å². The monoisotopic (exact) mass is 315 g/mol. The molecule has 20 heavy (non-hydrogen) atoms. The summed E-state index contributed by atoms with van der Waals surface area (Å²) in [6.45, 7) is 6.15. The Morgan fingerprint density at radius 2 is 2.10 bits per heavy atom.